The van der Waals surface area contributed by atoms with E-state index in [2.05, 4.69) is 20.9 Å². The van der Waals surface area contributed by atoms with Crippen molar-refractivity contribution >= 4 is 35.8 Å². The second-order valence-electron chi connectivity index (χ2n) is 6.09. The highest BCUT2D eigenvalue weighted by Crippen LogP contribution is 2.08. The van der Waals surface area contributed by atoms with Gasteiger partial charge >= 0.3 is 0 Å². The van der Waals surface area contributed by atoms with E-state index >= 15 is 0 Å². The Morgan fingerprint density at radius 1 is 0.964 bits per heavy atom. The maximum absolute atomic E-state index is 13.3. The van der Waals surface area contributed by atoms with Crippen molar-refractivity contribution in [2.75, 3.05) is 20.1 Å². The molecule has 0 aliphatic carbocycles. The van der Waals surface area contributed by atoms with Crippen LogP contribution in [-0.4, -0.2) is 32.0 Å². The van der Waals surface area contributed by atoms with Crippen molar-refractivity contribution in [2.45, 2.75) is 19.9 Å². The minimum absolute atomic E-state index is 0. The maximum Gasteiger partial charge on any atom is 0.224 e. The van der Waals surface area contributed by atoms with Gasteiger partial charge in [0.25, 0.3) is 0 Å². The maximum atomic E-state index is 13.3. The zero-order valence-electron chi connectivity index (χ0n) is 15.9. The molecule has 0 aromatic heterocycles. The van der Waals surface area contributed by atoms with E-state index in [0.29, 0.717) is 31.2 Å². The van der Waals surface area contributed by atoms with Crippen LogP contribution in [0.25, 0.3) is 0 Å². The number of aliphatic imine (C=N–C) groups is 1. The number of amides is 1. The summed E-state index contributed by atoms with van der Waals surface area (Å²) < 4.78 is 26.1. The molecular formula is C20H25F2IN4O. The van der Waals surface area contributed by atoms with Gasteiger partial charge in [-0.25, -0.2) is 8.78 Å². The van der Waals surface area contributed by atoms with Crippen LogP contribution in [0.3, 0.4) is 0 Å². The molecule has 1 amide bonds. The molecule has 0 saturated carbocycles. The largest absolute Gasteiger partial charge is 0.355 e. The Hall–Kier alpha value is -2.23. The number of guanidine groups is 1. The van der Waals surface area contributed by atoms with Crippen molar-refractivity contribution in [1.82, 2.24) is 16.0 Å². The van der Waals surface area contributed by atoms with Crippen LogP contribution in [-0.2, 0) is 17.8 Å². The third-order valence-electron chi connectivity index (χ3n) is 3.92. The minimum Gasteiger partial charge on any atom is -0.355 e. The fraction of sp³-hybridized carbons (Fsp3) is 0.300. The molecule has 0 heterocycles. The molecule has 5 nitrogen and oxygen atoms in total. The highest BCUT2D eigenvalue weighted by atomic mass is 127. The van der Waals surface area contributed by atoms with Crippen LogP contribution in [0, 0.1) is 18.6 Å². The Bertz CT molecular complexity index is 797. The van der Waals surface area contributed by atoms with Gasteiger partial charge in [-0.3, -0.25) is 9.79 Å². The van der Waals surface area contributed by atoms with Gasteiger partial charge in [0.15, 0.2) is 5.96 Å². The average Bonchev–Trinajstić information content (AvgIpc) is 2.66. The molecule has 2 rings (SSSR count). The number of hydrogen-bond acceptors (Lipinski definition) is 2. The van der Waals surface area contributed by atoms with Crippen molar-refractivity contribution in [3.05, 3.63) is 70.8 Å². The molecule has 28 heavy (non-hydrogen) atoms. The lowest BCUT2D eigenvalue weighted by Crippen LogP contribution is -2.41. The lowest BCUT2D eigenvalue weighted by molar-refractivity contribution is -0.120. The number of rotatable bonds is 7. The molecule has 0 aliphatic rings. The Morgan fingerprint density at radius 2 is 1.61 bits per heavy atom. The summed E-state index contributed by atoms with van der Waals surface area (Å²) >= 11 is 0. The minimum atomic E-state index is -0.321. The quantitative estimate of drug-likeness (QED) is 0.236. The molecule has 0 atom stereocenters. The van der Waals surface area contributed by atoms with E-state index in [1.807, 2.05) is 0 Å². The van der Waals surface area contributed by atoms with E-state index in [4.69, 9.17) is 0 Å². The number of carbonyl (C=O) groups is 1. The van der Waals surface area contributed by atoms with Crippen LogP contribution in [0.1, 0.15) is 16.7 Å². The van der Waals surface area contributed by atoms with Crippen molar-refractivity contribution in [3.8, 4) is 0 Å². The van der Waals surface area contributed by atoms with Gasteiger partial charge in [-0.05, 0) is 41.8 Å². The average molecular weight is 502 g/mol. The van der Waals surface area contributed by atoms with Crippen LogP contribution in [0.5, 0.6) is 0 Å². The predicted molar refractivity (Wildman–Crippen MR) is 118 cm³/mol. The van der Waals surface area contributed by atoms with Crippen molar-refractivity contribution in [2.24, 2.45) is 4.99 Å². The van der Waals surface area contributed by atoms with E-state index in [0.717, 1.165) is 11.1 Å². The zero-order chi connectivity index (χ0) is 19.6. The molecule has 3 N–H and O–H groups in total. The second-order valence-corrected chi connectivity index (χ2v) is 6.09. The molecule has 2 aromatic carbocycles. The molecule has 0 radical (unpaired) electrons. The summed E-state index contributed by atoms with van der Waals surface area (Å²) in [6, 6.07) is 10.8. The number of nitrogens with zero attached hydrogens (tertiary/aromatic N) is 1. The highest BCUT2D eigenvalue weighted by Gasteiger charge is 2.04. The van der Waals surface area contributed by atoms with Gasteiger partial charge in [-0.15, -0.1) is 24.0 Å². The molecule has 0 fully saturated rings. The van der Waals surface area contributed by atoms with E-state index in [1.54, 1.807) is 38.2 Å². The standard InChI is InChI=1S/C20H24F2N4O.HI/c1-14-11-16(5-8-18(14)22)13-26-20(23-2)25-10-9-24-19(27)12-15-3-6-17(21)7-4-15;/h3-8,11H,9-10,12-13H2,1-2H3,(H,24,27)(H2,23,25,26);1H. The first-order valence-corrected chi connectivity index (χ1v) is 8.68. The first-order valence-electron chi connectivity index (χ1n) is 8.68. The van der Waals surface area contributed by atoms with Gasteiger partial charge in [0, 0.05) is 26.7 Å². The molecule has 2 aromatic rings. The smallest absolute Gasteiger partial charge is 0.224 e. The van der Waals surface area contributed by atoms with Crippen LogP contribution < -0.4 is 16.0 Å². The third-order valence-corrected chi connectivity index (χ3v) is 3.92. The summed E-state index contributed by atoms with van der Waals surface area (Å²) in [6.07, 6.45) is 0.206. The molecule has 0 spiro atoms. The van der Waals surface area contributed by atoms with E-state index in [9.17, 15) is 13.6 Å². The number of aryl methyl sites for hydroxylation is 1. The first-order chi connectivity index (χ1) is 13.0. The van der Waals surface area contributed by atoms with Gasteiger partial charge in [0.1, 0.15) is 11.6 Å². The summed E-state index contributed by atoms with van der Waals surface area (Å²) in [5.74, 6) is -0.0893. The van der Waals surface area contributed by atoms with Crippen LogP contribution in [0.2, 0.25) is 0 Å². The fourth-order valence-corrected chi connectivity index (χ4v) is 2.46. The Labute approximate surface area is 181 Å². The molecule has 0 unspecified atom stereocenters. The monoisotopic (exact) mass is 502 g/mol. The number of nitrogens with one attached hydrogen (secondary N) is 3. The number of hydrogen-bond donors (Lipinski definition) is 3. The summed E-state index contributed by atoms with van der Waals surface area (Å²) in [7, 11) is 1.65. The number of halogens is 3. The van der Waals surface area contributed by atoms with Gasteiger partial charge in [-0.1, -0.05) is 24.3 Å². The Kier molecular flexibility index (Phi) is 10.4. The van der Waals surface area contributed by atoms with Crippen LogP contribution in [0.4, 0.5) is 8.78 Å². The fourth-order valence-electron chi connectivity index (χ4n) is 2.46. The van der Waals surface area contributed by atoms with Gasteiger partial charge < -0.3 is 16.0 Å². The highest BCUT2D eigenvalue weighted by molar-refractivity contribution is 14.0. The summed E-state index contributed by atoms with van der Waals surface area (Å²) in [5, 5.41) is 9.02. The van der Waals surface area contributed by atoms with Gasteiger partial charge in [0.05, 0.1) is 6.42 Å². The topological polar surface area (TPSA) is 65.5 Å². The molecular weight excluding hydrogens is 477 g/mol. The third kappa shape index (κ3) is 8.20. The lowest BCUT2D eigenvalue weighted by atomic mass is 10.1. The summed E-state index contributed by atoms with van der Waals surface area (Å²) in [5.41, 5.74) is 2.31. The summed E-state index contributed by atoms with van der Waals surface area (Å²) in [6.45, 7) is 3.16. The van der Waals surface area contributed by atoms with Crippen molar-refractivity contribution < 1.29 is 13.6 Å². The normalized spacial score (nSPS) is 10.8. The molecule has 0 aliphatic heterocycles. The van der Waals surface area contributed by atoms with E-state index in [1.165, 1.54) is 18.2 Å². The molecule has 8 heteroatoms. The molecule has 0 bridgehead atoms. The van der Waals surface area contributed by atoms with E-state index in [-0.39, 0.29) is 47.9 Å². The summed E-state index contributed by atoms with van der Waals surface area (Å²) in [4.78, 5) is 16.0. The van der Waals surface area contributed by atoms with E-state index < -0.39 is 0 Å². The molecule has 0 saturated heterocycles. The van der Waals surface area contributed by atoms with Crippen molar-refractivity contribution in [1.29, 1.82) is 0 Å². The lowest BCUT2D eigenvalue weighted by Gasteiger charge is -2.13. The zero-order valence-corrected chi connectivity index (χ0v) is 18.2. The molecule has 152 valence electrons. The number of benzene rings is 2. The van der Waals surface area contributed by atoms with Gasteiger partial charge in [-0.2, -0.15) is 0 Å². The number of carbonyl (C=O) groups excluding carboxylic acids is 1. The second kappa shape index (κ2) is 12.3. The Morgan fingerprint density at radius 3 is 2.25 bits per heavy atom. The Balaban J connectivity index is 0.00000392. The van der Waals surface area contributed by atoms with Crippen LogP contribution in [0.15, 0.2) is 47.5 Å². The SMILES string of the molecule is CN=C(NCCNC(=O)Cc1ccc(F)cc1)NCc1ccc(F)c(C)c1.I. The predicted octanol–water partition coefficient (Wildman–Crippen LogP) is 2.92. The van der Waals surface area contributed by atoms with Gasteiger partial charge in [0.2, 0.25) is 5.91 Å². The first kappa shape index (κ1) is 23.8. The van der Waals surface area contributed by atoms with Crippen LogP contribution >= 0.6 is 24.0 Å². The van der Waals surface area contributed by atoms with Crippen molar-refractivity contribution in [3.63, 3.8) is 0 Å².